The molecule has 3 aliphatic carbocycles. The molecule has 0 aromatic rings. The maximum Gasteiger partial charge on any atom is 0.0128 e. The summed E-state index contributed by atoms with van der Waals surface area (Å²) < 4.78 is 0. The summed E-state index contributed by atoms with van der Waals surface area (Å²) in [4.78, 5) is 0. The van der Waals surface area contributed by atoms with E-state index in [1.807, 2.05) is 0 Å². The minimum Gasteiger partial charge on any atom is -0.0767 e. The molecule has 0 saturated carbocycles. The zero-order chi connectivity index (χ0) is 8.67. The Balaban J connectivity index is 2.04. The van der Waals surface area contributed by atoms with Crippen LogP contribution in [-0.4, -0.2) is 0 Å². The molecule has 0 nitrogen and oxygen atoms in total. The van der Waals surface area contributed by atoms with Crippen LogP contribution in [0.4, 0.5) is 0 Å². The Morgan fingerprint density at radius 2 is 2.08 bits per heavy atom. The van der Waals surface area contributed by atoms with Crippen molar-refractivity contribution in [3.63, 3.8) is 0 Å². The van der Waals surface area contributed by atoms with Crippen LogP contribution in [0.1, 0.15) is 6.42 Å². The zero-order valence-corrected chi connectivity index (χ0v) is 7.40. The van der Waals surface area contributed by atoms with Crippen LogP contribution < -0.4 is 0 Å². The van der Waals surface area contributed by atoms with E-state index in [1.165, 1.54) is 23.1 Å². The lowest BCUT2D eigenvalue weighted by atomic mass is 9.82. The Morgan fingerprint density at radius 1 is 1.08 bits per heavy atom. The smallest absolute Gasteiger partial charge is 0.0128 e. The van der Waals surface area contributed by atoms with E-state index in [-0.39, 0.29) is 0 Å². The Morgan fingerprint density at radius 3 is 3.08 bits per heavy atom. The predicted octanol–water partition coefficient (Wildman–Crippen LogP) is 3.13. The first-order valence-electron chi connectivity index (χ1n) is 4.74. The molecule has 0 heterocycles. The van der Waals surface area contributed by atoms with Gasteiger partial charge in [0.25, 0.3) is 0 Å². The van der Waals surface area contributed by atoms with Crippen molar-refractivity contribution in [2.45, 2.75) is 6.42 Å². The van der Waals surface area contributed by atoms with Crippen LogP contribution >= 0.6 is 0 Å². The molecule has 0 saturated heterocycles. The van der Waals surface area contributed by atoms with Crippen molar-refractivity contribution in [1.82, 2.24) is 0 Å². The predicted molar refractivity (Wildman–Crippen MR) is 54.9 cm³/mol. The van der Waals surface area contributed by atoms with Crippen LogP contribution in [0.3, 0.4) is 0 Å². The van der Waals surface area contributed by atoms with E-state index in [0.717, 1.165) is 0 Å². The lowest BCUT2D eigenvalue weighted by Crippen LogP contribution is -2.07. The third-order valence-corrected chi connectivity index (χ3v) is 2.88. The maximum absolute atomic E-state index is 2.31. The van der Waals surface area contributed by atoms with Gasteiger partial charge in [-0.05, 0) is 23.1 Å². The van der Waals surface area contributed by atoms with E-state index in [4.69, 9.17) is 0 Å². The SMILES string of the molecule is [CH]1C=CC2=C1C=C1C=CC=CC1C2. The Kier molecular flexibility index (Phi) is 1.42. The molecule has 1 atom stereocenters. The maximum atomic E-state index is 2.31. The molecule has 0 aromatic carbocycles. The summed E-state index contributed by atoms with van der Waals surface area (Å²) in [5.74, 6) is 0.625. The quantitative estimate of drug-likeness (QED) is 0.520. The molecule has 0 bridgehead atoms. The van der Waals surface area contributed by atoms with E-state index in [2.05, 4.69) is 49.0 Å². The summed E-state index contributed by atoms with van der Waals surface area (Å²) >= 11 is 0. The van der Waals surface area contributed by atoms with Crippen molar-refractivity contribution >= 4 is 0 Å². The molecule has 0 heteroatoms. The van der Waals surface area contributed by atoms with Crippen molar-refractivity contribution < 1.29 is 0 Å². The van der Waals surface area contributed by atoms with Crippen LogP contribution in [0.15, 0.2) is 59.3 Å². The van der Waals surface area contributed by atoms with Gasteiger partial charge < -0.3 is 0 Å². The van der Waals surface area contributed by atoms with Crippen LogP contribution in [-0.2, 0) is 0 Å². The topological polar surface area (TPSA) is 0 Å². The van der Waals surface area contributed by atoms with E-state index in [0.29, 0.717) is 5.92 Å². The summed E-state index contributed by atoms with van der Waals surface area (Å²) in [6.45, 7) is 0. The second kappa shape index (κ2) is 2.59. The average Bonchev–Trinajstić information content (AvgIpc) is 2.61. The van der Waals surface area contributed by atoms with Crippen LogP contribution in [0, 0.1) is 12.3 Å². The van der Waals surface area contributed by atoms with Gasteiger partial charge in [0.1, 0.15) is 0 Å². The van der Waals surface area contributed by atoms with E-state index < -0.39 is 0 Å². The normalized spacial score (nSPS) is 28.9. The fourth-order valence-corrected chi connectivity index (χ4v) is 2.16. The first kappa shape index (κ1) is 7.14. The van der Waals surface area contributed by atoms with Crippen molar-refractivity contribution in [3.8, 4) is 0 Å². The summed E-state index contributed by atoms with van der Waals surface area (Å²) in [5, 5.41) is 0. The molecule has 13 heavy (non-hydrogen) atoms. The molecule has 3 aliphatic rings. The standard InChI is InChI=1S/C13H11/c1-2-5-11-9-13-7-3-6-12(13)8-10(11)4-1/h1-8,11H,9H2. The summed E-state index contributed by atoms with van der Waals surface area (Å²) in [6.07, 6.45) is 18.8. The summed E-state index contributed by atoms with van der Waals surface area (Å²) in [6, 6.07) is 0. The van der Waals surface area contributed by atoms with Crippen molar-refractivity contribution in [2.75, 3.05) is 0 Å². The first-order valence-corrected chi connectivity index (χ1v) is 4.74. The van der Waals surface area contributed by atoms with Crippen LogP contribution in [0.5, 0.6) is 0 Å². The second-order valence-electron chi connectivity index (χ2n) is 3.71. The Labute approximate surface area is 78.7 Å². The van der Waals surface area contributed by atoms with Gasteiger partial charge in [0.05, 0.1) is 0 Å². The first-order chi connectivity index (χ1) is 6.43. The zero-order valence-electron chi connectivity index (χ0n) is 7.40. The molecule has 0 spiro atoms. The fraction of sp³-hybridized carbons (Fsp3) is 0.154. The summed E-state index contributed by atoms with van der Waals surface area (Å²) in [5.41, 5.74) is 4.36. The van der Waals surface area contributed by atoms with Gasteiger partial charge in [0, 0.05) is 12.3 Å². The molecule has 0 amide bonds. The van der Waals surface area contributed by atoms with Crippen LogP contribution in [0.2, 0.25) is 0 Å². The third kappa shape index (κ3) is 1.06. The highest BCUT2D eigenvalue weighted by atomic mass is 14.3. The van der Waals surface area contributed by atoms with Crippen LogP contribution in [0.25, 0.3) is 0 Å². The van der Waals surface area contributed by atoms with Crippen molar-refractivity contribution in [1.29, 1.82) is 0 Å². The molecule has 3 rings (SSSR count). The van der Waals surface area contributed by atoms with Gasteiger partial charge in [0.15, 0.2) is 0 Å². The molecule has 0 fully saturated rings. The Bertz CT molecular complexity index is 386. The fourth-order valence-electron chi connectivity index (χ4n) is 2.16. The molecular formula is C13H11. The highest BCUT2D eigenvalue weighted by Gasteiger charge is 2.21. The van der Waals surface area contributed by atoms with E-state index >= 15 is 0 Å². The van der Waals surface area contributed by atoms with E-state index in [9.17, 15) is 0 Å². The van der Waals surface area contributed by atoms with Gasteiger partial charge in [-0.3, -0.25) is 0 Å². The second-order valence-corrected chi connectivity index (χ2v) is 3.71. The third-order valence-electron chi connectivity index (χ3n) is 2.88. The average molecular weight is 167 g/mol. The molecule has 0 aliphatic heterocycles. The largest absolute Gasteiger partial charge is 0.0767 e. The lowest BCUT2D eigenvalue weighted by Gasteiger charge is -2.22. The minimum atomic E-state index is 0.625. The van der Waals surface area contributed by atoms with Crippen molar-refractivity contribution in [2.24, 2.45) is 5.92 Å². The van der Waals surface area contributed by atoms with Gasteiger partial charge >= 0.3 is 0 Å². The van der Waals surface area contributed by atoms with Gasteiger partial charge in [-0.25, -0.2) is 0 Å². The van der Waals surface area contributed by atoms with Gasteiger partial charge in [-0.2, -0.15) is 0 Å². The molecule has 1 radical (unpaired) electrons. The number of fused-ring (bicyclic) bond motifs is 1. The summed E-state index contributed by atoms with van der Waals surface area (Å²) in [7, 11) is 0. The Hall–Kier alpha value is -1.30. The van der Waals surface area contributed by atoms with Gasteiger partial charge in [-0.15, -0.1) is 0 Å². The molecular weight excluding hydrogens is 156 g/mol. The molecule has 1 unspecified atom stereocenters. The number of allylic oxidation sites excluding steroid dienone is 10. The van der Waals surface area contributed by atoms with Crippen molar-refractivity contribution in [3.05, 3.63) is 65.7 Å². The number of hydrogen-bond donors (Lipinski definition) is 0. The molecule has 63 valence electrons. The minimum absolute atomic E-state index is 0.625. The highest BCUT2D eigenvalue weighted by molar-refractivity contribution is 5.55. The van der Waals surface area contributed by atoms with E-state index in [1.54, 1.807) is 0 Å². The number of rotatable bonds is 0. The van der Waals surface area contributed by atoms with Gasteiger partial charge in [-0.1, -0.05) is 42.5 Å². The van der Waals surface area contributed by atoms with Gasteiger partial charge in [0.2, 0.25) is 0 Å². The number of hydrogen-bond acceptors (Lipinski definition) is 0. The highest BCUT2D eigenvalue weighted by Crippen LogP contribution is 2.36. The molecule has 0 N–H and O–H groups in total. The monoisotopic (exact) mass is 167 g/mol. The molecule has 0 aromatic heterocycles. The lowest BCUT2D eigenvalue weighted by molar-refractivity contribution is 0.755.